The zero-order chi connectivity index (χ0) is 0. The third-order valence-corrected chi connectivity index (χ3v) is 0. The molecule has 0 atom stereocenters. The van der Waals surface area contributed by atoms with Gasteiger partial charge in [0.15, 0.2) is 0 Å². The van der Waals surface area contributed by atoms with E-state index in [9.17, 15) is 0 Å². The van der Waals surface area contributed by atoms with Crippen molar-refractivity contribution in [2.45, 2.75) is 0 Å². The average molecular weight is 189 g/mol. The van der Waals surface area contributed by atoms with Crippen LogP contribution in [0.15, 0.2) is 0 Å². The summed E-state index contributed by atoms with van der Waals surface area (Å²) in [6.45, 7) is 0. The summed E-state index contributed by atoms with van der Waals surface area (Å²) in [6, 6.07) is 0. The second-order valence-electron chi connectivity index (χ2n) is 0. The number of hydrogen-bond acceptors (Lipinski definition) is 0. The standard InChI is InChI=1S/Cu.Mn.Na.Ti. The van der Waals surface area contributed by atoms with E-state index in [2.05, 4.69) is 0 Å². The molecule has 3 radical (unpaired) electrons. The molecular weight excluding hydrogens is 189 g/mol. The molecule has 0 aromatic heterocycles. The third kappa shape index (κ3) is 8.83. The Balaban J connectivity index is 0. The van der Waals surface area contributed by atoms with Gasteiger partial charge in [0.1, 0.15) is 0 Å². The second-order valence-corrected chi connectivity index (χ2v) is 0. The molecule has 4 heavy (non-hydrogen) atoms. The normalized spacial score (nSPS) is 0. The molecule has 0 bridgehead atoms. The fourth-order valence-electron chi connectivity index (χ4n) is 0. The molecule has 4 heteroatoms. The predicted molar refractivity (Wildman–Crippen MR) is 5.75 cm³/mol. The predicted octanol–water partition coefficient (Wildman–Crippen LogP) is -0.388. The van der Waals surface area contributed by atoms with Crippen LogP contribution in [0.25, 0.3) is 0 Å². The molecule has 0 aliphatic heterocycles. The Morgan fingerprint density at radius 1 is 1.00 bits per heavy atom. The fraction of sp³-hybridized carbons (Fsp3) is 0. The molecule has 0 rings (SSSR count). The van der Waals surface area contributed by atoms with Crippen molar-refractivity contribution < 1.29 is 55.9 Å². The molecule has 0 N–H and O–H groups in total. The van der Waals surface area contributed by atoms with Gasteiger partial charge in [-0.2, -0.15) is 0 Å². The molecule has 0 aliphatic carbocycles. The summed E-state index contributed by atoms with van der Waals surface area (Å²) < 4.78 is 0. The van der Waals surface area contributed by atoms with Crippen molar-refractivity contribution in [3.05, 3.63) is 0 Å². The zero-order valence-electron chi connectivity index (χ0n) is 2.18. The monoisotopic (exact) mass is 189 g/mol. The van der Waals surface area contributed by atoms with E-state index < -0.39 is 0 Å². The van der Waals surface area contributed by atoms with Crippen LogP contribution in [0.2, 0.25) is 0 Å². The first kappa shape index (κ1) is 29.5. The Bertz CT molecular complexity index is 8.00. The van der Waals surface area contributed by atoms with E-state index in [0.29, 0.717) is 0 Å². The molecule has 0 saturated carbocycles. The molecule has 0 unspecified atom stereocenters. The van der Waals surface area contributed by atoms with Gasteiger partial charge in [0, 0.05) is 85.4 Å². The van der Waals surface area contributed by atoms with Gasteiger partial charge >= 0.3 is 0 Å². The van der Waals surface area contributed by atoms with E-state index in [0.717, 1.165) is 0 Å². The first-order valence-electron chi connectivity index (χ1n) is 0. The van der Waals surface area contributed by atoms with Crippen molar-refractivity contribution in [2.75, 3.05) is 0 Å². The van der Waals surface area contributed by atoms with Gasteiger partial charge in [0.05, 0.1) is 0 Å². The van der Waals surface area contributed by atoms with Crippen LogP contribution < -0.4 is 0 Å². The Kier molecular flexibility index (Phi) is 126. The third-order valence-electron chi connectivity index (χ3n) is 0. The van der Waals surface area contributed by atoms with Crippen LogP contribution >= 0.6 is 0 Å². The molecule has 0 nitrogen and oxygen atoms in total. The van der Waals surface area contributed by atoms with Crippen molar-refractivity contribution in [3.8, 4) is 0 Å². The summed E-state index contributed by atoms with van der Waals surface area (Å²) >= 11 is 0. The molecular formula is CuMnNaTi. The van der Waals surface area contributed by atoms with Crippen molar-refractivity contribution in [3.63, 3.8) is 0 Å². The summed E-state index contributed by atoms with van der Waals surface area (Å²) in [7, 11) is 0. The molecule has 0 aromatic rings. The van der Waals surface area contributed by atoms with Gasteiger partial charge < -0.3 is 0 Å². The number of rotatable bonds is 0. The summed E-state index contributed by atoms with van der Waals surface area (Å²) in [4.78, 5) is 0. The molecule has 0 saturated heterocycles. The molecule has 0 heterocycles. The molecule has 0 amide bonds. The molecule has 0 aliphatic rings. The maximum absolute atomic E-state index is 0. The van der Waals surface area contributed by atoms with Crippen molar-refractivity contribution in [1.29, 1.82) is 0 Å². The summed E-state index contributed by atoms with van der Waals surface area (Å²) in [5.74, 6) is 0. The first-order valence-corrected chi connectivity index (χ1v) is 0. The summed E-state index contributed by atoms with van der Waals surface area (Å²) in [5.41, 5.74) is 0. The van der Waals surface area contributed by atoms with Gasteiger partial charge in [-0.15, -0.1) is 0 Å². The zero-order valence-corrected chi connectivity index (χ0v) is 7.86. The maximum Gasteiger partial charge on any atom is 0 e. The van der Waals surface area contributed by atoms with Crippen molar-refractivity contribution in [1.82, 2.24) is 0 Å². The van der Waals surface area contributed by atoms with Crippen LogP contribution in [0.3, 0.4) is 0 Å². The van der Waals surface area contributed by atoms with Crippen LogP contribution in [0, 0.1) is 0 Å². The van der Waals surface area contributed by atoms with E-state index in [1.807, 2.05) is 0 Å². The Hall–Kier alpha value is 2.75. The largest absolute Gasteiger partial charge is 0 e. The Morgan fingerprint density at radius 2 is 1.00 bits per heavy atom. The van der Waals surface area contributed by atoms with E-state index >= 15 is 0 Å². The van der Waals surface area contributed by atoms with Crippen LogP contribution in [0.1, 0.15) is 0 Å². The van der Waals surface area contributed by atoms with E-state index in [1.54, 1.807) is 0 Å². The van der Waals surface area contributed by atoms with Gasteiger partial charge in [-0.1, -0.05) is 0 Å². The van der Waals surface area contributed by atoms with Crippen molar-refractivity contribution in [2.24, 2.45) is 0 Å². The smallest absolute Gasteiger partial charge is 0 e. The Labute approximate surface area is 84.0 Å². The van der Waals surface area contributed by atoms with Gasteiger partial charge in [-0.3, -0.25) is 0 Å². The molecule has 0 aromatic carbocycles. The van der Waals surface area contributed by atoms with Gasteiger partial charge in [-0.25, -0.2) is 0 Å². The Morgan fingerprint density at radius 3 is 1.00 bits per heavy atom. The summed E-state index contributed by atoms with van der Waals surface area (Å²) in [6.07, 6.45) is 0. The minimum absolute atomic E-state index is 0. The fourth-order valence-corrected chi connectivity index (χ4v) is 0. The van der Waals surface area contributed by atoms with Crippen LogP contribution in [-0.2, 0) is 55.9 Å². The second kappa shape index (κ2) is 17.1. The average Bonchev–Trinajstić information content (AvgIpc) is 0. The topological polar surface area (TPSA) is 0 Å². The van der Waals surface area contributed by atoms with Crippen LogP contribution in [0.5, 0.6) is 0 Å². The number of hydrogen-bond donors (Lipinski definition) is 0. The minimum Gasteiger partial charge on any atom is 0 e. The van der Waals surface area contributed by atoms with Crippen LogP contribution in [-0.4, -0.2) is 29.6 Å². The quantitative estimate of drug-likeness (QED) is 0.455. The van der Waals surface area contributed by atoms with E-state index in [1.165, 1.54) is 0 Å². The first-order chi connectivity index (χ1) is 0. The SMILES string of the molecule is [Cu].[Mn].[Na].[Ti]. The van der Waals surface area contributed by atoms with E-state index in [-0.39, 0.29) is 85.4 Å². The van der Waals surface area contributed by atoms with Crippen LogP contribution in [0.4, 0.5) is 0 Å². The van der Waals surface area contributed by atoms with Gasteiger partial charge in [-0.05, 0) is 0 Å². The maximum atomic E-state index is 0. The summed E-state index contributed by atoms with van der Waals surface area (Å²) in [5, 5.41) is 0. The molecule has 23 valence electrons. The molecule has 0 fully saturated rings. The molecule has 0 spiro atoms. The minimum atomic E-state index is 0. The van der Waals surface area contributed by atoms with Crippen molar-refractivity contribution >= 4 is 29.6 Å². The van der Waals surface area contributed by atoms with E-state index in [4.69, 9.17) is 0 Å². The van der Waals surface area contributed by atoms with Gasteiger partial charge in [0.25, 0.3) is 0 Å². The van der Waals surface area contributed by atoms with Gasteiger partial charge in [0.2, 0.25) is 0 Å².